The predicted octanol–water partition coefficient (Wildman–Crippen LogP) is 6.49. The molecule has 0 fully saturated rings. The number of esters is 1. The first-order valence-electron chi connectivity index (χ1n) is 13.1. The van der Waals surface area contributed by atoms with E-state index < -0.39 is 48.1 Å². The summed E-state index contributed by atoms with van der Waals surface area (Å²) in [6.45, 7) is 6.32. The fourth-order valence-corrected chi connectivity index (χ4v) is 4.78. The number of benzene rings is 2. The standard InChI is InChI=1S/C28H32Cl5N3O7/c1-5-6-7-16(25(39)34-13-18(38)42-24-22(32)20(30)19(29)21(31)23(24)33)35-26(40)17(36-27(41)43-28(2,3)4)12-14-8-10-15(37)11-9-14/h8-11,16-17,37H,5-7,12-13H2,1-4H3,(H,34,39)(H,35,40)(H,36,41)/t16-,17+/m1/s1. The Balaban J connectivity index is 2.16. The van der Waals surface area contributed by atoms with Gasteiger partial charge in [0.2, 0.25) is 11.8 Å². The molecule has 0 aliphatic carbocycles. The quantitative estimate of drug-likeness (QED) is 0.0859. The van der Waals surface area contributed by atoms with Crippen molar-refractivity contribution in [2.45, 2.75) is 71.1 Å². The molecule has 0 saturated heterocycles. The Kier molecular flexibility index (Phi) is 14.0. The molecule has 236 valence electrons. The maximum atomic E-state index is 13.4. The summed E-state index contributed by atoms with van der Waals surface area (Å²) in [6, 6.07) is 3.89. The lowest BCUT2D eigenvalue weighted by Crippen LogP contribution is -2.55. The second-order valence-corrected chi connectivity index (χ2v) is 12.3. The number of hydrogen-bond donors (Lipinski definition) is 4. The molecule has 2 aromatic rings. The van der Waals surface area contributed by atoms with Crippen molar-refractivity contribution in [2.24, 2.45) is 0 Å². The molecule has 0 radical (unpaired) electrons. The lowest BCUT2D eigenvalue weighted by atomic mass is 10.0. The van der Waals surface area contributed by atoms with Crippen molar-refractivity contribution in [2.75, 3.05) is 6.54 Å². The first-order valence-corrected chi connectivity index (χ1v) is 15.0. The molecule has 10 nitrogen and oxygen atoms in total. The normalized spacial score (nSPS) is 12.6. The van der Waals surface area contributed by atoms with Gasteiger partial charge in [-0.2, -0.15) is 0 Å². The van der Waals surface area contributed by atoms with Crippen LogP contribution in [0, 0.1) is 0 Å². The highest BCUT2D eigenvalue weighted by atomic mass is 35.5. The van der Waals surface area contributed by atoms with E-state index in [1.54, 1.807) is 32.9 Å². The monoisotopic (exact) mass is 697 g/mol. The van der Waals surface area contributed by atoms with E-state index in [0.29, 0.717) is 18.4 Å². The van der Waals surface area contributed by atoms with Crippen molar-refractivity contribution in [1.82, 2.24) is 16.0 Å². The summed E-state index contributed by atoms with van der Waals surface area (Å²) in [7, 11) is 0. The first-order chi connectivity index (χ1) is 20.0. The van der Waals surface area contributed by atoms with Gasteiger partial charge in [0.25, 0.3) is 0 Å². The van der Waals surface area contributed by atoms with Crippen LogP contribution in [0.3, 0.4) is 0 Å². The molecule has 4 N–H and O–H groups in total. The smallest absolute Gasteiger partial charge is 0.408 e. The summed E-state index contributed by atoms with van der Waals surface area (Å²) >= 11 is 30.1. The minimum absolute atomic E-state index is 0.0338. The van der Waals surface area contributed by atoms with Crippen LogP contribution in [-0.4, -0.2) is 53.2 Å². The van der Waals surface area contributed by atoms with Gasteiger partial charge in [0.1, 0.15) is 40.0 Å². The van der Waals surface area contributed by atoms with Crippen molar-refractivity contribution in [3.8, 4) is 11.5 Å². The van der Waals surface area contributed by atoms with Crippen LogP contribution >= 0.6 is 58.0 Å². The molecular weight excluding hydrogens is 668 g/mol. The van der Waals surface area contributed by atoms with Gasteiger partial charge in [0.15, 0.2) is 5.75 Å². The lowest BCUT2D eigenvalue weighted by Gasteiger charge is -2.25. The van der Waals surface area contributed by atoms with Gasteiger partial charge in [-0.15, -0.1) is 0 Å². The summed E-state index contributed by atoms with van der Waals surface area (Å²) in [5.41, 5.74) is -0.190. The molecule has 0 bridgehead atoms. The summed E-state index contributed by atoms with van der Waals surface area (Å²) in [4.78, 5) is 51.5. The van der Waals surface area contributed by atoms with E-state index in [2.05, 4.69) is 16.0 Å². The molecule has 2 aromatic carbocycles. The molecule has 15 heteroatoms. The molecule has 0 spiro atoms. The van der Waals surface area contributed by atoms with Crippen LogP contribution in [0.15, 0.2) is 24.3 Å². The number of rotatable bonds is 12. The van der Waals surface area contributed by atoms with Crippen LogP contribution in [0.5, 0.6) is 11.5 Å². The van der Waals surface area contributed by atoms with E-state index in [0.717, 1.165) is 0 Å². The number of halogens is 5. The van der Waals surface area contributed by atoms with Crippen molar-refractivity contribution in [1.29, 1.82) is 0 Å². The largest absolute Gasteiger partial charge is 0.508 e. The highest BCUT2D eigenvalue weighted by Crippen LogP contribution is 2.48. The number of alkyl carbamates (subject to hydrolysis) is 1. The topological polar surface area (TPSA) is 143 Å². The summed E-state index contributed by atoms with van der Waals surface area (Å²) in [5.74, 6) is -2.59. The van der Waals surface area contributed by atoms with Crippen molar-refractivity contribution in [3.63, 3.8) is 0 Å². The number of unbranched alkanes of at least 4 members (excludes halogenated alkanes) is 1. The van der Waals surface area contributed by atoms with Gasteiger partial charge in [0, 0.05) is 6.42 Å². The van der Waals surface area contributed by atoms with Crippen LogP contribution in [0.1, 0.15) is 52.5 Å². The molecule has 0 heterocycles. The third kappa shape index (κ3) is 11.4. The zero-order valence-corrected chi connectivity index (χ0v) is 27.6. The number of phenolic OH excluding ortho intramolecular Hbond substituents is 1. The average molecular weight is 700 g/mol. The molecule has 43 heavy (non-hydrogen) atoms. The van der Waals surface area contributed by atoms with E-state index in [9.17, 15) is 24.3 Å². The average Bonchev–Trinajstić information content (AvgIpc) is 2.93. The second-order valence-electron chi connectivity index (χ2n) is 10.4. The molecule has 0 saturated carbocycles. The third-order valence-electron chi connectivity index (χ3n) is 5.66. The Hall–Kier alpha value is -2.63. The molecule has 0 aliphatic rings. The number of phenols is 1. The van der Waals surface area contributed by atoms with E-state index >= 15 is 0 Å². The van der Waals surface area contributed by atoms with Gasteiger partial charge in [-0.1, -0.05) is 89.9 Å². The number of aromatic hydroxyl groups is 1. The van der Waals surface area contributed by atoms with E-state index in [1.165, 1.54) is 12.1 Å². The molecule has 0 unspecified atom stereocenters. The SMILES string of the molecule is CCCC[C@@H](NC(=O)[C@H](Cc1ccc(O)cc1)NC(=O)OC(C)(C)C)C(=O)NCC(=O)Oc1c(Cl)c(Cl)c(Cl)c(Cl)c1Cl. The van der Waals surface area contributed by atoms with E-state index in [-0.39, 0.29) is 49.5 Å². The number of carbonyl (C=O) groups is 4. The van der Waals surface area contributed by atoms with Crippen LogP contribution in [0.4, 0.5) is 4.79 Å². The number of amides is 3. The first kappa shape index (κ1) is 36.6. The van der Waals surface area contributed by atoms with Crippen molar-refractivity contribution in [3.05, 3.63) is 54.9 Å². The molecule has 2 atom stereocenters. The third-order valence-corrected chi connectivity index (χ3v) is 7.90. The Morgan fingerprint density at radius 3 is 1.93 bits per heavy atom. The van der Waals surface area contributed by atoms with Crippen LogP contribution < -0.4 is 20.7 Å². The van der Waals surface area contributed by atoms with E-state index in [4.69, 9.17) is 67.5 Å². The second kappa shape index (κ2) is 16.4. The molecular formula is C28H32Cl5N3O7. The number of nitrogens with one attached hydrogen (secondary N) is 3. The number of carbonyl (C=O) groups excluding carboxylic acids is 4. The minimum atomic E-state index is -1.13. The van der Waals surface area contributed by atoms with E-state index in [1.807, 2.05) is 6.92 Å². The highest BCUT2D eigenvalue weighted by Gasteiger charge is 2.29. The van der Waals surface area contributed by atoms with Gasteiger partial charge in [-0.05, 0) is 44.9 Å². The Morgan fingerprint density at radius 2 is 1.40 bits per heavy atom. The van der Waals surface area contributed by atoms with Crippen LogP contribution in [-0.2, 0) is 25.5 Å². The van der Waals surface area contributed by atoms with Crippen molar-refractivity contribution >= 4 is 81.9 Å². The minimum Gasteiger partial charge on any atom is -0.508 e. The van der Waals surface area contributed by atoms with Crippen molar-refractivity contribution < 1.29 is 33.8 Å². The van der Waals surface area contributed by atoms with Gasteiger partial charge >= 0.3 is 12.1 Å². The summed E-state index contributed by atoms with van der Waals surface area (Å²) < 4.78 is 10.5. The number of hydrogen-bond acceptors (Lipinski definition) is 7. The lowest BCUT2D eigenvalue weighted by molar-refractivity contribution is -0.136. The summed E-state index contributed by atoms with van der Waals surface area (Å²) in [6.07, 6.45) is 0.722. The predicted molar refractivity (Wildman–Crippen MR) is 167 cm³/mol. The summed E-state index contributed by atoms with van der Waals surface area (Å²) in [5, 5.41) is 16.2. The Morgan fingerprint density at radius 1 is 0.837 bits per heavy atom. The van der Waals surface area contributed by atoms with Crippen LogP contribution in [0.25, 0.3) is 0 Å². The molecule has 0 aromatic heterocycles. The molecule has 2 rings (SSSR count). The Bertz CT molecular complexity index is 1300. The zero-order valence-electron chi connectivity index (χ0n) is 23.8. The van der Waals surface area contributed by atoms with Gasteiger partial charge in [0.05, 0.1) is 15.1 Å². The highest BCUT2D eigenvalue weighted by molar-refractivity contribution is 6.55. The maximum absolute atomic E-state index is 13.4. The zero-order chi connectivity index (χ0) is 32.5. The van der Waals surface area contributed by atoms with Crippen LogP contribution in [0.2, 0.25) is 25.1 Å². The number of ether oxygens (including phenoxy) is 2. The molecule has 0 aliphatic heterocycles. The van der Waals surface area contributed by atoms with Gasteiger partial charge in [-0.3, -0.25) is 9.59 Å². The fourth-order valence-electron chi connectivity index (χ4n) is 3.58. The van der Waals surface area contributed by atoms with Gasteiger partial charge < -0.3 is 30.5 Å². The molecule has 3 amide bonds. The Labute approximate surface area is 274 Å². The fraction of sp³-hybridized carbons (Fsp3) is 0.429. The van der Waals surface area contributed by atoms with Gasteiger partial charge in [-0.25, -0.2) is 9.59 Å². The maximum Gasteiger partial charge on any atom is 0.408 e.